The second-order valence-electron chi connectivity index (χ2n) is 5.71. The summed E-state index contributed by atoms with van der Waals surface area (Å²) in [6.45, 7) is 6.56. The van der Waals surface area contributed by atoms with Crippen LogP contribution in [0.2, 0.25) is 0 Å². The predicted molar refractivity (Wildman–Crippen MR) is 88.6 cm³/mol. The fraction of sp³-hybridized carbons (Fsp3) is 0.562. The Kier molecular flexibility index (Phi) is 5.99. The molecule has 0 saturated carbocycles. The van der Waals surface area contributed by atoms with Crippen LogP contribution in [0.4, 0.5) is 0 Å². The number of terminal acetylenes is 1. The van der Waals surface area contributed by atoms with Gasteiger partial charge in [-0.05, 0) is 12.8 Å². The van der Waals surface area contributed by atoms with Gasteiger partial charge in [0.2, 0.25) is 15.0 Å². The fourth-order valence-corrected chi connectivity index (χ4v) is 3.56. The van der Waals surface area contributed by atoms with Crippen molar-refractivity contribution in [1.29, 1.82) is 0 Å². The van der Waals surface area contributed by atoms with E-state index in [1.54, 1.807) is 16.8 Å². The molecule has 0 bridgehead atoms. The molecule has 1 aromatic rings. The van der Waals surface area contributed by atoms with E-state index in [0.717, 1.165) is 25.1 Å². The van der Waals surface area contributed by atoms with Crippen LogP contribution < -0.4 is 0 Å². The Labute approximate surface area is 138 Å². The molecule has 23 heavy (non-hydrogen) atoms. The van der Waals surface area contributed by atoms with Gasteiger partial charge >= 0.3 is 0 Å². The van der Waals surface area contributed by atoms with Crippen LogP contribution in [0, 0.1) is 12.3 Å². The molecule has 0 N–H and O–H groups in total. The summed E-state index contributed by atoms with van der Waals surface area (Å²) < 4.78 is 31.4. The van der Waals surface area contributed by atoms with Crippen LogP contribution in [0.25, 0.3) is 0 Å². The molecule has 1 aliphatic rings. The van der Waals surface area contributed by atoms with Gasteiger partial charge in [-0.1, -0.05) is 12.0 Å². The molecule has 6 nitrogen and oxygen atoms in total. The average molecular weight is 337 g/mol. The minimum atomic E-state index is -3.40. The van der Waals surface area contributed by atoms with Gasteiger partial charge in [-0.3, -0.25) is 4.90 Å². The third-order valence-electron chi connectivity index (χ3n) is 3.73. The molecule has 1 fully saturated rings. The summed E-state index contributed by atoms with van der Waals surface area (Å²) >= 11 is 0. The molecule has 0 amide bonds. The zero-order chi connectivity index (χ0) is 16.9. The molecule has 0 unspecified atom stereocenters. The first-order valence-corrected chi connectivity index (χ1v) is 9.47. The maximum atomic E-state index is 12.0. The number of ether oxygens (including phenoxy) is 1. The van der Waals surface area contributed by atoms with E-state index in [0.29, 0.717) is 26.2 Å². The summed E-state index contributed by atoms with van der Waals surface area (Å²) in [6, 6.07) is 0. The number of sulfone groups is 1. The summed E-state index contributed by atoms with van der Waals surface area (Å²) in [5.74, 6) is 2.61. The highest BCUT2D eigenvalue weighted by Crippen LogP contribution is 2.19. The van der Waals surface area contributed by atoms with Crippen molar-refractivity contribution in [1.82, 2.24) is 14.5 Å². The van der Waals surface area contributed by atoms with E-state index in [-0.39, 0.29) is 11.3 Å². The Morgan fingerprint density at radius 1 is 1.65 bits per heavy atom. The van der Waals surface area contributed by atoms with Crippen molar-refractivity contribution in [3.05, 3.63) is 24.5 Å². The van der Waals surface area contributed by atoms with Gasteiger partial charge < -0.3 is 9.30 Å². The molecule has 1 saturated heterocycles. The molecule has 2 rings (SSSR count). The van der Waals surface area contributed by atoms with Crippen molar-refractivity contribution in [2.24, 2.45) is 0 Å². The van der Waals surface area contributed by atoms with E-state index < -0.39 is 9.84 Å². The van der Waals surface area contributed by atoms with Gasteiger partial charge in [0.1, 0.15) is 0 Å². The molecule has 126 valence electrons. The largest absolute Gasteiger partial charge is 0.376 e. The van der Waals surface area contributed by atoms with Crippen molar-refractivity contribution < 1.29 is 13.2 Å². The number of aromatic nitrogens is 2. The second kappa shape index (κ2) is 7.77. The number of imidazole rings is 1. The molecule has 1 atom stereocenters. The summed E-state index contributed by atoms with van der Waals surface area (Å²) in [7, 11) is -3.40. The van der Waals surface area contributed by atoms with Crippen LogP contribution in [0.3, 0.4) is 0 Å². The zero-order valence-corrected chi connectivity index (χ0v) is 14.3. The highest BCUT2D eigenvalue weighted by Gasteiger charge is 2.24. The minimum Gasteiger partial charge on any atom is -0.376 e. The Balaban J connectivity index is 2.28. The topological polar surface area (TPSA) is 64.4 Å². The van der Waals surface area contributed by atoms with E-state index >= 15 is 0 Å². The molecule has 1 aromatic heterocycles. The molecule has 7 heteroatoms. The third kappa shape index (κ3) is 4.67. The zero-order valence-electron chi connectivity index (χ0n) is 13.4. The highest BCUT2D eigenvalue weighted by atomic mass is 32.2. The molecule has 0 radical (unpaired) electrons. The Bertz CT molecular complexity index is 682. The average Bonchev–Trinajstić information content (AvgIpc) is 3.10. The van der Waals surface area contributed by atoms with Crippen LogP contribution >= 0.6 is 0 Å². The fourth-order valence-electron chi connectivity index (χ4n) is 2.73. The van der Waals surface area contributed by atoms with Gasteiger partial charge in [0.25, 0.3) is 0 Å². The van der Waals surface area contributed by atoms with Gasteiger partial charge in [-0.25, -0.2) is 13.4 Å². The predicted octanol–water partition coefficient (Wildman–Crippen LogP) is 1.09. The summed E-state index contributed by atoms with van der Waals surface area (Å²) in [5, 5.41) is 0.0854. The SMILES string of the molecule is C#CCN(CC=C)Cc1cnc(S(C)(=O)=O)n1C[C@@H]1CCCO1. The standard InChI is InChI=1S/C16H23N3O3S/c1-4-8-18(9-5-2)12-14-11-17-16(23(3,20)21)19(14)13-15-7-6-10-22-15/h1,5,11,15H,2,6-10,12-13H2,3H3/t15-/m0/s1. The summed E-state index contributed by atoms with van der Waals surface area (Å²) in [4.78, 5) is 6.12. The van der Waals surface area contributed by atoms with Gasteiger partial charge in [-0.15, -0.1) is 13.0 Å². The lowest BCUT2D eigenvalue weighted by Gasteiger charge is -2.20. The van der Waals surface area contributed by atoms with Gasteiger partial charge in [0, 0.05) is 26.0 Å². The molecule has 0 spiro atoms. The van der Waals surface area contributed by atoms with E-state index in [2.05, 4.69) is 17.5 Å². The first-order chi connectivity index (χ1) is 11.0. The van der Waals surface area contributed by atoms with E-state index in [1.165, 1.54) is 6.26 Å². The second-order valence-corrected chi connectivity index (χ2v) is 7.62. The Morgan fingerprint density at radius 2 is 2.43 bits per heavy atom. The number of nitrogens with zero attached hydrogens (tertiary/aromatic N) is 3. The first kappa shape index (κ1) is 17.7. The van der Waals surface area contributed by atoms with Crippen LogP contribution in [-0.2, 0) is 27.7 Å². The monoisotopic (exact) mass is 337 g/mol. The van der Waals surface area contributed by atoms with Crippen LogP contribution in [0.15, 0.2) is 24.0 Å². The lowest BCUT2D eigenvalue weighted by molar-refractivity contribution is 0.0934. The lowest BCUT2D eigenvalue weighted by Crippen LogP contribution is -2.27. The maximum Gasteiger partial charge on any atom is 0.227 e. The molecule has 0 aromatic carbocycles. The van der Waals surface area contributed by atoms with Crippen molar-refractivity contribution >= 4 is 9.84 Å². The molecule has 1 aliphatic heterocycles. The van der Waals surface area contributed by atoms with Crippen molar-refractivity contribution in [3.63, 3.8) is 0 Å². The van der Waals surface area contributed by atoms with Crippen LogP contribution in [0.5, 0.6) is 0 Å². The normalized spacial score (nSPS) is 18.2. The first-order valence-electron chi connectivity index (χ1n) is 7.58. The van der Waals surface area contributed by atoms with Gasteiger partial charge in [0.15, 0.2) is 0 Å². The quantitative estimate of drug-likeness (QED) is 0.525. The summed E-state index contributed by atoms with van der Waals surface area (Å²) in [6.07, 6.45) is 11.9. The van der Waals surface area contributed by atoms with E-state index in [4.69, 9.17) is 11.2 Å². The van der Waals surface area contributed by atoms with Gasteiger partial charge in [0.05, 0.1) is 31.1 Å². The molecular weight excluding hydrogens is 314 g/mol. The number of rotatable bonds is 8. The van der Waals surface area contributed by atoms with Crippen molar-refractivity contribution in [2.45, 2.75) is 37.2 Å². The highest BCUT2D eigenvalue weighted by molar-refractivity contribution is 7.90. The van der Waals surface area contributed by atoms with Crippen LogP contribution in [0.1, 0.15) is 18.5 Å². The van der Waals surface area contributed by atoms with E-state index in [9.17, 15) is 8.42 Å². The van der Waals surface area contributed by atoms with Crippen molar-refractivity contribution in [3.8, 4) is 12.3 Å². The number of hydrogen-bond acceptors (Lipinski definition) is 5. The lowest BCUT2D eigenvalue weighted by atomic mass is 10.2. The minimum absolute atomic E-state index is 0.0314. The van der Waals surface area contributed by atoms with Crippen LogP contribution in [-0.4, -0.2) is 54.9 Å². The van der Waals surface area contributed by atoms with Crippen molar-refractivity contribution in [2.75, 3.05) is 26.0 Å². The third-order valence-corrected chi connectivity index (χ3v) is 4.72. The summed E-state index contributed by atoms with van der Waals surface area (Å²) in [5.41, 5.74) is 0.818. The Morgan fingerprint density at radius 3 is 3.00 bits per heavy atom. The van der Waals surface area contributed by atoms with Gasteiger partial charge in [-0.2, -0.15) is 0 Å². The number of hydrogen-bond donors (Lipinski definition) is 0. The van der Waals surface area contributed by atoms with E-state index in [1.807, 2.05) is 4.90 Å². The Hall–Kier alpha value is -1.62. The molecular formula is C16H23N3O3S. The maximum absolute atomic E-state index is 12.0. The molecule has 2 heterocycles. The molecule has 0 aliphatic carbocycles. The smallest absolute Gasteiger partial charge is 0.227 e.